The molecule has 4 heteroatoms. The molecule has 1 fully saturated rings. The Bertz CT molecular complexity index is 14.9. The van der Waals surface area contributed by atoms with Gasteiger partial charge in [0, 0.05) is 0 Å². The second-order valence-corrected chi connectivity index (χ2v) is 0.866. The van der Waals surface area contributed by atoms with Crippen LogP contribution >= 0.6 is 0 Å². The summed E-state index contributed by atoms with van der Waals surface area (Å²) in [5.41, 5.74) is 0. The molecule has 1 aliphatic carbocycles. The minimum absolute atomic E-state index is 0. The number of halogens is 3. The fourth-order valence-corrected chi connectivity index (χ4v) is 0. The molecule has 0 bridgehead atoms. The predicted molar refractivity (Wildman–Crippen MR) is 28.2 cm³/mol. The summed E-state index contributed by atoms with van der Waals surface area (Å²) < 4.78 is 0. The van der Waals surface area contributed by atoms with E-state index < -0.39 is 0 Å². The first kappa shape index (κ1) is 23.7. The van der Waals surface area contributed by atoms with E-state index in [2.05, 4.69) is 6.42 Å². The molecule has 0 aromatic rings. The van der Waals surface area contributed by atoms with Crippen molar-refractivity contribution in [2.24, 2.45) is 0 Å². The van der Waals surface area contributed by atoms with Gasteiger partial charge in [-0.2, -0.15) is 0 Å². The van der Waals surface area contributed by atoms with Crippen LogP contribution < -0.4 is 0 Å². The van der Waals surface area contributed by atoms with Gasteiger partial charge in [0.15, 0.2) is 0 Å². The van der Waals surface area contributed by atoms with Crippen LogP contribution in [0.15, 0.2) is 0 Å². The van der Waals surface area contributed by atoms with Gasteiger partial charge in [-0.25, -0.2) is 0 Å². The number of rotatable bonds is 0. The van der Waals surface area contributed by atoms with Crippen molar-refractivity contribution in [3.63, 3.8) is 0 Å². The first-order valence-electron chi connectivity index (χ1n) is 1.32. The molecule has 0 aromatic carbocycles. The van der Waals surface area contributed by atoms with Crippen molar-refractivity contribution >= 4 is 51.4 Å². The van der Waals surface area contributed by atoms with E-state index in [1.165, 1.54) is 12.8 Å². The van der Waals surface area contributed by atoms with E-state index in [0.29, 0.717) is 0 Å². The van der Waals surface area contributed by atoms with Gasteiger partial charge in [-0.05, 0) is 19.3 Å². The minimum atomic E-state index is 0. The molecule has 7 heavy (non-hydrogen) atoms. The molecule has 1 radical (unpaired) electrons. The SMILES string of the molecule is F.F.F.[CH]1CC1.[KH]. The molecular formula is C3H9F3K. The van der Waals surface area contributed by atoms with Gasteiger partial charge < -0.3 is 0 Å². The van der Waals surface area contributed by atoms with Crippen LogP contribution in [0.1, 0.15) is 12.8 Å². The number of hydrogen-bond acceptors (Lipinski definition) is 0. The van der Waals surface area contributed by atoms with Gasteiger partial charge in [0.25, 0.3) is 0 Å². The molecule has 0 N–H and O–H groups in total. The van der Waals surface area contributed by atoms with Crippen LogP contribution in [0.5, 0.6) is 0 Å². The second kappa shape index (κ2) is 15.7. The normalized spacial score (nSPS) is 10.3. The molecular weight excluding hydrogens is 132 g/mol. The Hall–Kier alpha value is 1.43. The molecule has 0 heterocycles. The van der Waals surface area contributed by atoms with Gasteiger partial charge in [-0.15, -0.1) is 0 Å². The molecule has 1 rings (SSSR count). The van der Waals surface area contributed by atoms with Gasteiger partial charge in [0.05, 0.1) is 0 Å². The molecule has 1 aliphatic rings. The van der Waals surface area contributed by atoms with Gasteiger partial charge in [0.2, 0.25) is 0 Å². The van der Waals surface area contributed by atoms with Gasteiger partial charge in [0.1, 0.15) is 0 Å². The topological polar surface area (TPSA) is 0 Å². The summed E-state index contributed by atoms with van der Waals surface area (Å²) in [6.45, 7) is 0. The summed E-state index contributed by atoms with van der Waals surface area (Å²) in [5, 5.41) is 0. The third kappa shape index (κ3) is 37.1. The van der Waals surface area contributed by atoms with Crippen LogP contribution in [0, 0.1) is 6.42 Å². The molecule has 0 aromatic heterocycles. The summed E-state index contributed by atoms with van der Waals surface area (Å²) in [4.78, 5) is 0. The van der Waals surface area contributed by atoms with Crippen molar-refractivity contribution in [2.45, 2.75) is 12.8 Å². The van der Waals surface area contributed by atoms with Crippen molar-refractivity contribution in [1.29, 1.82) is 0 Å². The zero-order valence-electron chi connectivity index (χ0n) is 3.22. The van der Waals surface area contributed by atoms with E-state index in [1.54, 1.807) is 0 Å². The molecule has 0 unspecified atom stereocenters. The van der Waals surface area contributed by atoms with Crippen LogP contribution in [0.25, 0.3) is 0 Å². The van der Waals surface area contributed by atoms with E-state index in [9.17, 15) is 0 Å². The monoisotopic (exact) mass is 141 g/mol. The Morgan fingerprint density at radius 2 is 1.00 bits per heavy atom. The summed E-state index contributed by atoms with van der Waals surface area (Å²) in [5.74, 6) is 0. The number of hydrogen-bond donors (Lipinski definition) is 0. The zero-order valence-corrected chi connectivity index (χ0v) is 3.22. The van der Waals surface area contributed by atoms with Crippen molar-refractivity contribution < 1.29 is 14.1 Å². The Labute approximate surface area is 83.6 Å². The van der Waals surface area contributed by atoms with Crippen molar-refractivity contribution in [3.05, 3.63) is 6.42 Å². The molecule has 0 amide bonds. The van der Waals surface area contributed by atoms with E-state index in [0.717, 1.165) is 0 Å². The molecule has 0 atom stereocenters. The Kier molecular flexibility index (Phi) is 53.0. The third-order valence-electron chi connectivity index (χ3n) is 0.289. The van der Waals surface area contributed by atoms with Crippen LogP contribution in [0.4, 0.5) is 14.1 Å². The Morgan fingerprint density at radius 3 is 1.00 bits per heavy atom. The van der Waals surface area contributed by atoms with E-state index in [-0.39, 0.29) is 65.5 Å². The third-order valence-corrected chi connectivity index (χ3v) is 0.289. The van der Waals surface area contributed by atoms with Crippen LogP contribution in [0.2, 0.25) is 0 Å². The fourth-order valence-electron chi connectivity index (χ4n) is 0. The molecule has 0 aliphatic heterocycles. The quantitative estimate of drug-likeness (QED) is 0.438. The van der Waals surface area contributed by atoms with Gasteiger partial charge in [-0.1, -0.05) is 0 Å². The van der Waals surface area contributed by atoms with Gasteiger partial charge in [-0.3, -0.25) is 14.1 Å². The molecule has 43 valence electrons. The maximum atomic E-state index is 2.25. The summed E-state index contributed by atoms with van der Waals surface area (Å²) in [7, 11) is 0. The standard InChI is InChI=1S/C3H5.3FH.K.H/c1-2-3-1;;;;;/h1H,2-3H2;3*1H;;. The second-order valence-electron chi connectivity index (χ2n) is 0.866. The van der Waals surface area contributed by atoms with Crippen molar-refractivity contribution in [2.75, 3.05) is 0 Å². The molecule has 0 saturated heterocycles. The summed E-state index contributed by atoms with van der Waals surface area (Å²) in [6.07, 6.45) is 5.00. The summed E-state index contributed by atoms with van der Waals surface area (Å²) in [6, 6.07) is 0. The zero-order chi connectivity index (χ0) is 2.12. The molecule has 1 saturated carbocycles. The average Bonchev–Trinajstić information content (AvgIpc) is 1.46. The maximum absolute atomic E-state index is 2.25. The molecule has 0 nitrogen and oxygen atoms in total. The first-order valence-corrected chi connectivity index (χ1v) is 1.32. The van der Waals surface area contributed by atoms with Crippen molar-refractivity contribution in [1.82, 2.24) is 0 Å². The predicted octanol–water partition coefficient (Wildman–Crippen LogP) is 0.793. The Balaban J connectivity index is -0.0000000112. The van der Waals surface area contributed by atoms with Gasteiger partial charge >= 0.3 is 51.4 Å². The van der Waals surface area contributed by atoms with E-state index >= 15 is 0 Å². The molecule has 0 spiro atoms. The Morgan fingerprint density at radius 1 is 0.857 bits per heavy atom. The van der Waals surface area contributed by atoms with E-state index in [1.807, 2.05) is 0 Å². The van der Waals surface area contributed by atoms with E-state index in [4.69, 9.17) is 0 Å². The van der Waals surface area contributed by atoms with Crippen molar-refractivity contribution in [3.8, 4) is 0 Å². The first-order chi connectivity index (χ1) is 1.50. The van der Waals surface area contributed by atoms with Crippen LogP contribution in [-0.2, 0) is 0 Å². The van der Waals surface area contributed by atoms with Crippen LogP contribution in [0.3, 0.4) is 0 Å². The summed E-state index contributed by atoms with van der Waals surface area (Å²) >= 11 is 0. The fraction of sp³-hybridized carbons (Fsp3) is 0.667. The average molecular weight is 141 g/mol. The van der Waals surface area contributed by atoms with Crippen LogP contribution in [-0.4, -0.2) is 51.4 Å².